The van der Waals surface area contributed by atoms with Crippen LogP contribution in [0.2, 0.25) is 5.02 Å². The first kappa shape index (κ1) is 19.6. The highest BCUT2D eigenvalue weighted by molar-refractivity contribution is 6.30. The molecule has 1 aliphatic rings. The Bertz CT molecular complexity index is 762. The van der Waals surface area contributed by atoms with E-state index in [4.69, 9.17) is 11.6 Å². The minimum Gasteiger partial charge on any atom is -0.352 e. The summed E-state index contributed by atoms with van der Waals surface area (Å²) in [7, 11) is 0. The summed E-state index contributed by atoms with van der Waals surface area (Å²) in [4.78, 5) is 26.8. The number of halogens is 1. The number of benzene rings is 2. The molecule has 2 aromatic rings. The number of hydrogen-bond donors (Lipinski definition) is 1. The van der Waals surface area contributed by atoms with Crippen LogP contribution in [0.3, 0.4) is 0 Å². The first-order valence-corrected chi connectivity index (χ1v) is 9.82. The van der Waals surface area contributed by atoms with Crippen LogP contribution < -0.4 is 5.32 Å². The molecule has 2 aromatic carbocycles. The number of amides is 1. The highest BCUT2D eigenvalue weighted by Gasteiger charge is 2.21. The molecular weight excluding hydrogens is 360 g/mol. The Morgan fingerprint density at radius 1 is 1.04 bits per heavy atom. The van der Waals surface area contributed by atoms with Crippen molar-refractivity contribution < 1.29 is 9.59 Å². The van der Waals surface area contributed by atoms with Crippen LogP contribution in [0.4, 0.5) is 0 Å². The van der Waals surface area contributed by atoms with E-state index in [0.29, 0.717) is 10.6 Å². The fraction of sp³-hybridized carbons (Fsp3) is 0.364. The van der Waals surface area contributed by atoms with Gasteiger partial charge in [-0.25, -0.2) is 0 Å². The van der Waals surface area contributed by atoms with Crippen molar-refractivity contribution in [1.82, 2.24) is 10.2 Å². The van der Waals surface area contributed by atoms with E-state index in [1.807, 2.05) is 6.07 Å². The van der Waals surface area contributed by atoms with Crippen LogP contribution in [0, 0.1) is 0 Å². The van der Waals surface area contributed by atoms with Crippen molar-refractivity contribution in [3.8, 4) is 0 Å². The van der Waals surface area contributed by atoms with E-state index in [2.05, 4.69) is 34.5 Å². The molecule has 0 spiro atoms. The van der Waals surface area contributed by atoms with Crippen molar-refractivity contribution in [3.05, 3.63) is 70.7 Å². The van der Waals surface area contributed by atoms with Crippen molar-refractivity contribution in [1.29, 1.82) is 0 Å². The molecule has 0 saturated carbocycles. The zero-order valence-electron chi connectivity index (χ0n) is 15.4. The quantitative estimate of drug-likeness (QED) is 0.731. The Hall–Kier alpha value is -2.17. The molecule has 1 aliphatic heterocycles. The van der Waals surface area contributed by atoms with Gasteiger partial charge in [-0.15, -0.1) is 0 Å². The second kappa shape index (κ2) is 9.67. The number of piperidine rings is 1. The highest BCUT2D eigenvalue weighted by Crippen LogP contribution is 2.15. The van der Waals surface area contributed by atoms with Gasteiger partial charge in [0.2, 0.25) is 5.91 Å². The molecule has 1 N–H and O–H groups in total. The van der Waals surface area contributed by atoms with Crippen LogP contribution >= 0.6 is 11.6 Å². The molecule has 27 heavy (non-hydrogen) atoms. The monoisotopic (exact) mass is 384 g/mol. The lowest BCUT2D eigenvalue weighted by atomic mass is 10.0. The number of ketones is 1. The smallest absolute Gasteiger partial charge is 0.220 e. The van der Waals surface area contributed by atoms with E-state index >= 15 is 0 Å². The van der Waals surface area contributed by atoms with Crippen molar-refractivity contribution in [2.75, 3.05) is 13.1 Å². The van der Waals surface area contributed by atoms with Crippen molar-refractivity contribution >= 4 is 23.3 Å². The number of carbonyl (C=O) groups excluding carboxylic acids is 2. The van der Waals surface area contributed by atoms with Gasteiger partial charge in [-0.3, -0.25) is 14.5 Å². The molecule has 5 heteroatoms. The third-order valence-corrected chi connectivity index (χ3v) is 5.12. The molecule has 3 rings (SSSR count). The maximum absolute atomic E-state index is 12.3. The minimum absolute atomic E-state index is 0.0313. The zero-order chi connectivity index (χ0) is 19.1. The van der Waals surface area contributed by atoms with Crippen LogP contribution in [0.25, 0.3) is 0 Å². The fourth-order valence-corrected chi connectivity index (χ4v) is 3.59. The summed E-state index contributed by atoms with van der Waals surface area (Å²) in [5.74, 6) is -0.0833. The molecule has 1 amide bonds. The molecule has 1 unspecified atom stereocenters. The molecule has 4 nitrogen and oxygen atoms in total. The Morgan fingerprint density at radius 3 is 2.52 bits per heavy atom. The Balaban J connectivity index is 1.43. The minimum atomic E-state index is -0.0520. The van der Waals surface area contributed by atoms with Gasteiger partial charge in [-0.1, -0.05) is 41.9 Å². The summed E-state index contributed by atoms with van der Waals surface area (Å²) in [5.41, 5.74) is 1.89. The first-order valence-electron chi connectivity index (χ1n) is 9.44. The molecule has 1 heterocycles. The van der Waals surface area contributed by atoms with E-state index in [9.17, 15) is 9.59 Å². The van der Waals surface area contributed by atoms with Gasteiger partial charge in [0.1, 0.15) is 0 Å². The van der Waals surface area contributed by atoms with Crippen molar-refractivity contribution in [2.24, 2.45) is 0 Å². The standard InChI is InChI=1S/C22H25ClN2O2/c23-19-10-8-18(9-11-19)21(26)12-13-22(27)24-20-7-4-14-25(16-20)15-17-5-2-1-3-6-17/h1-3,5-6,8-11,20H,4,7,12-16H2,(H,24,27). The molecule has 0 aliphatic carbocycles. The molecule has 0 aromatic heterocycles. The lowest BCUT2D eigenvalue weighted by Crippen LogP contribution is -2.47. The van der Waals surface area contributed by atoms with Crippen LogP contribution in [-0.4, -0.2) is 35.7 Å². The van der Waals surface area contributed by atoms with Gasteiger partial charge in [-0.2, -0.15) is 0 Å². The van der Waals surface area contributed by atoms with Gasteiger partial charge in [-0.05, 0) is 49.2 Å². The number of nitrogens with one attached hydrogen (secondary N) is 1. The van der Waals surface area contributed by atoms with Crippen LogP contribution in [0.15, 0.2) is 54.6 Å². The number of rotatable bonds is 7. The van der Waals surface area contributed by atoms with Gasteiger partial charge >= 0.3 is 0 Å². The fourth-order valence-electron chi connectivity index (χ4n) is 3.47. The van der Waals surface area contributed by atoms with Gasteiger partial charge in [0.15, 0.2) is 5.78 Å². The third-order valence-electron chi connectivity index (χ3n) is 4.86. The van der Waals surface area contributed by atoms with E-state index in [0.717, 1.165) is 32.5 Å². The highest BCUT2D eigenvalue weighted by atomic mass is 35.5. The summed E-state index contributed by atoms with van der Waals surface area (Å²) >= 11 is 5.84. The van der Waals surface area contributed by atoms with Crippen molar-refractivity contribution in [2.45, 2.75) is 38.3 Å². The first-order chi connectivity index (χ1) is 13.1. The lowest BCUT2D eigenvalue weighted by molar-refractivity contribution is -0.122. The van der Waals surface area contributed by atoms with E-state index < -0.39 is 0 Å². The average molecular weight is 385 g/mol. The largest absolute Gasteiger partial charge is 0.352 e. The van der Waals surface area contributed by atoms with E-state index in [1.54, 1.807) is 24.3 Å². The molecule has 1 fully saturated rings. The number of carbonyl (C=O) groups is 2. The molecule has 1 saturated heterocycles. The summed E-state index contributed by atoms with van der Waals surface area (Å²) in [6.45, 7) is 2.81. The predicted octanol–water partition coefficient (Wildman–Crippen LogP) is 4.08. The van der Waals surface area contributed by atoms with Crippen molar-refractivity contribution in [3.63, 3.8) is 0 Å². The van der Waals surface area contributed by atoms with Crippen LogP contribution in [0.5, 0.6) is 0 Å². The van der Waals surface area contributed by atoms with Gasteiger partial charge < -0.3 is 5.32 Å². The third kappa shape index (κ3) is 6.19. The second-order valence-corrected chi connectivity index (χ2v) is 7.49. The summed E-state index contributed by atoms with van der Waals surface area (Å²) in [5, 5.41) is 3.70. The molecule has 142 valence electrons. The summed E-state index contributed by atoms with van der Waals surface area (Å²) < 4.78 is 0. The number of Topliss-reactive ketones (excluding diaryl/α,β-unsaturated/α-hetero) is 1. The van der Waals surface area contributed by atoms with Gasteiger partial charge in [0.25, 0.3) is 0 Å². The predicted molar refractivity (Wildman–Crippen MR) is 108 cm³/mol. The lowest BCUT2D eigenvalue weighted by Gasteiger charge is -2.33. The number of nitrogens with zero attached hydrogens (tertiary/aromatic N) is 1. The second-order valence-electron chi connectivity index (χ2n) is 7.06. The van der Waals surface area contributed by atoms with Crippen LogP contribution in [0.1, 0.15) is 41.6 Å². The topological polar surface area (TPSA) is 49.4 Å². The van der Waals surface area contributed by atoms with Gasteiger partial charge in [0, 0.05) is 42.6 Å². The summed E-state index contributed by atoms with van der Waals surface area (Å²) in [6.07, 6.45) is 2.49. The van der Waals surface area contributed by atoms with Gasteiger partial charge in [0.05, 0.1) is 0 Å². The normalized spacial score (nSPS) is 17.4. The zero-order valence-corrected chi connectivity index (χ0v) is 16.1. The average Bonchev–Trinajstić information content (AvgIpc) is 2.68. The maximum atomic E-state index is 12.3. The number of likely N-dealkylation sites (tertiary alicyclic amines) is 1. The summed E-state index contributed by atoms with van der Waals surface area (Å²) in [6, 6.07) is 17.3. The Kier molecular flexibility index (Phi) is 7.02. The SMILES string of the molecule is O=C(CCC(=O)c1ccc(Cl)cc1)NC1CCCN(Cc2ccccc2)C1. The van der Waals surface area contributed by atoms with E-state index in [1.165, 1.54) is 5.56 Å². The van der Waals surface area contributed by atoms with Crippen LogP contribution in [-0.2, 0) is 11.3 Å². The molecule has 0 radical (unpaired) electrons. The molecular formula is C22H25ClN2O2. The number of hydrogen-bond acceptors (Lipinski definition) is 3. The Labute approximate surface area is 165 Å². The molecule has 0 bridgehead atoms. The molecule has 1 atom stereocenters. The maximum Gasteiger partial charge on any atom is 0.220 e. The Morgan fingerprint density at radius 2 is 1.78 bits per heavy atom. The van der Waals surface area contributed by atoms with E-state index in [-0.39, 0.29) is 30.6 Å².